The molecule has 1 unspecified atom stereocenters. The summed E-state index contributed by atoms with van der Waals surface area (Å²) in [6.45, 7) is 2.91. The molecule has 7 nitrogen and oxygen atoms in total. The lowest BCUT2D eigenvalue weighted by atomic mass is 9.92. The molecule has 3 aromatic rings. The summed E-state index contributed by atoms with van der Waals surface area (Å²) in [4.78, 5) is 4.23. The van der Waals surface area contributed by atoms with E-state index in [9.17, 15) is 5.11 Å². The van der Waals surface area contributed by atoms with E-state index in [1.165, 1.54) is 5.56 Å². The molecule has 0 fully saturated rings. The van der Waals surface area contributed by atoms with E-state index in [0.717, 1.165) is 52.3 Å². The number of anilines is 1. The van der Waals surface area contributed by atoms with Crippen molar-refractivity contribution in [1.29, 1.82) is 0 Å². The van der Waals surface area contributed by atoms with E-state index in [1.807, 2.05) is 43.2 Å². The number of hydrogen-bond acceptors (Lipinski definition) is 6. The van der Waals surface area contributed by atoms with Crippen LogP contribution in [0.1, 0.15) is 34.8 Å². The highest BCUT2D eigenvalue weighted by molar-refractivity contribution is 6.09. The number of rotatable bonds is 7. The quantitative estimate of drug-likeness (QED) is 0.499. The number of benzene rings is 2. The topological polar surface area (TPSA) is 87.4 Å². The van der Waals surface area contributed by atoms with Crippen molar-refractivity contribution in [3.8, 4) is 11.3 Å². The lowest BCUT2D eigenvalue weighted by molar-refractivity contribution is 0.300. The molecular weight excluding hydrogens is 400 g/mol. The zero-order valence-electron chi connectivity index (χ0n) is 18.8. The maximum Gasteiger partial charge on any atom is 0.0918 e. The molecule has 0 radical (unpaired) electrons. The lowest BCUT2D eigenvalue weighted by Crippen LogP contribution is -2.14. The largest absolute Gasteiger partial charge is 0.396 e. The highest BCUT2D eigenvalue weighted by Crippen LogP contribution is 2.38. The fraction of sp³-hybridized carbons (Fsp3) is 0.320. The standard InChI is InChI=1S/C25H30N6O/c1-17-25-21-9-8-19(20(15-26-2)16-27-3)14-22(21)24(10-12-31(25)30-29-17)28-23-7-5-4-6-18(23)11-13-32/h4-9,14-16,24,26,28,32H,10-13H2,1-3H3/b20-15+,27-16?. The van der Waals surface area contributed by atoms with E-state index in [1.54, 1.807) is 7.05 Å². The van der Waals surface area contributed by atoms with Crippen LogP contribution in [-0.2, 0) is 13.0 Å². The molecule has 0 saturated heterocycles. The minimum Gasteiger partial charge on any atom is -0.396 e. The molecule has 0 bridgehead atoms. The van der Waals surface area contributed by atoms with Crippen LogP contribution in [0, 0.1) is 6.92 Å². The lowest BCUT2D eigenvalue weighted by Gasteiger charge is -2.23. The van der Waals surface area contributed by atoms with Crippen molar-refractivity contribution in [2.45, 2.75) is 32.4 Å². The first-order chi connectivity index (χ1) is 15.7. The van der Waals surface area contributed by atoms with Crippen molar-refractivity contribution in [1.82, 2.24) is 20.3 Å². The summed E-state index contributed by atoms with van der Waals surface area (Å²) in [5.41, 5.74) is 8.63. The zero-order chi connectivity index (χ0) is 22.5. The van der Waals surface area contributed by atoms with Gasteiger partial charge in [0.15, 0.2) is 0 Å². The van der Waals surface area contributed by atoms with E-state index in [2.05, 4.69) is 56.3 Å². The fourth-order valence-corrected chi connectivity index (χ4v) is 4.37. The second kappa shape index (κ2) is 9.78. The molecule has 7 heteroatoms. The monoisotopic (exact) mass is 430 g/mol. The SMILES string of the molecule is CN=C/C(=C\NC)c1ccc2c(c1)C(Nc1ccccc1CCO)CCn1nnc(C)c1-2. The highest BCUT2D eigenvalue weighted by atomic mass is 16.2. The van der Waals surface area contributed by atoms with E-state index in [-0.39, 0.29) is 12.6 Å². The average Bonchev–Trinajstić information content (AvgIpc) is 3.09. The van der Waals surface area contributed by atoms with E-state index >= 15 is 0 Å². The maximum atomic E-state index is 9.50. The summed E-state index contributed by atoms with van der Waals surface area (Å²) >= 11 is 0. The first-order valence-corrected chi connectivity index (χ1v) is 11.0. The molecule has 1 atom stereocenters. The van der Waals surface area contributed by atoms with Crippen molar-refractivity contribution in [2.75, 3.05) is 26.0 Å². The molecule has 0 saturated carbocycles. The van der Waals surface area contributed by atoms with Crippen LogP contribution >= 0.6 is 0 Å². The molecule has 1 aromatic heterocycles. The molecule has 4 rings (SSSR count). The molecule has 0 spiro atoms. The normalized spacial score (nSPS) is 15.9. The van der Waals surface area contributed by atoms with Gasteiger partial charge >= 0.3 is 0 Å². The molecule has 3 N–H and O–H groups in total. The second-order valence-electron chi connectivity index (χ2n) is 7.94. The van der Waals surface area contributed by atoms with Gasteiger partial charge in [-0.2, -0.15) is 0 Å². The Balaban J connectivity index is 1.83. The predicted molar refractivity (Wildman–Crippen MR) is 130 cm³/mol. The van der Waals surface area contributed by atoms with Gasteiger partial charge in [0.1, 0.15) is 0 Å². The summed E-state index contributed by atoms with van der Waals surface area (Å²) in [5, 5.41) is 25.1. The van der Waals surface area contributed by atoms with Crippen LogP contribution < -0.4 is 10.6 Å². The van der Waals surface area contributed by atoms with Crippen molar-refractivity contribution < 1.29 is 5.11 Å². The Morgan fingerprint density at radius 2 is 2.12 bits per heavy atom. The Hall–Kier alpha value is -3.45. The van der Waals surface area contributed by atoms with E-state index in [4.69, 9.17) is 0 Å². The number of nitrogens with one attached hydrogen (secondary N) is 2. The first kappa shape index (κ1) is 21.8. The Labute approximate surface area is 188 Å². The number of allylic oxidation sites excluding steroid dienone is 1. The van der Waals surface area contributed by atoms with Crippen LogP contribution in [0.25, 0.3) is 16.8 Å². The second-order valence-corrected chi connectivity index (χ2v) is 7.94. The van der Waals surface area contributed by atoms with Gasteiger partial charge in [0.05, 0.1) is 17.4 Å². The smallest absolute Gasteiger partial charge is 0.0918 e. The first-order valence-electron chi connectivity index (χ1n) is 11.0. The Morgan fingerprint density at radius 1 is 1.28 bits per heavy atom. The van der Waals surface area contributed by atoms with Gasteiger partial charge in [0, 0.05) is 56.5 Å². The van der Waals surface area contributed by atoms with Crippen LogP contribution in [0.15, 0.2) is 53.7 Å². The molecule has 1 aliphatic rings. The zero-order valence-corrected chi connectivity index (χ0v) is 18.8. The number of para-hydroxylation sites is 1. The van der Waals surface area contributed by atoms with Gasteiger partial charge in [-0.1, -0.05) is 35.5 Å². The molecule has 166 valence electrons. The Kier molecular flexibility index (Phi) is 6.66. The number of aliphatic hydroxyl groups excluding tert-OH is 1. The number of hydrogen-bond donors (Lipinski definition) is 3. The third-order valence-electron chi connectivity index (χ3n) is 5.84. The van der Waals surface area contributed by atoms with Gasteiger partial charge < -0.3 is 15.7 Å². The summed E-state index contributed by atoms with van der Waals surface area (Å²) in [6.07, 6.45) is 5.31. The molecular formula is C25H30N6O. The van der Waals surface area contributed by atoms with Crippen LogP contribution in [0.2, 0.25) is 0 Å². The Morgan fingerprint density at radius 3 is 2.91 bits per heavy atom. The summed E-state index contributed by atoms with van der Waals surface area (Å²) in [6, 6.07) is 14.8. The molecule has 32 heavy (non-hydrogen) atoms. The highest BCUT2D eigenvalue weighted by Gasteiger charge is 2.26. The van der Waals surface area contributed by atoms with Gasteiger partial charge in [-0.25, -0.2) is 4.68 Å². The van der Waals surface area contributed by atoms with Gasteiger partial charge in [-0.15, -0.1) is 5.10 Å². The third kappa shape index (κ3) is 4.29. The van der Waals surface area contributed by atoms with Crippen molar-refractivity contribution in [3.63, 3.8) is 0 Å². The summed E-state index contributed by atoms with van der Waals surface area (Å²) < 4.78 is 2.01. The van der Waals surface area contributed by atoms with E-state index < -0.39 is 0 Å². The molecule has 2 heterocycles. The number of fused-ring (bicyclic) bond motifs is 3. The fourth-order valence-electron chi connectivity index (χ4n) is 4.37. The van der Waals surface area contributed by atoms with Crippen LogP contribution in [0.5, 0.6) is 0 Å². The number of aryl methyl sites for hydroxylation is 2. The number of nitrogens with zero attached hydrogens (tertiary/aromatic N) is 4. The van der Waals surface area contributed by atoms with Gasteiger partial charge in [-0.05, 0) is 48.6 Å². The van der Waals surface area contributed by atoms with Gasteiger partial charge in [0.25, 0.3) is 0 Å². The third-order valence-corrected chi connectivity index (χ3v) is 5.84. The molecule has 1 aliphatic heterocycles. The van der Waals surface area contributed by atoms with Crippen LogP contribution in [0.3, 0.4) is 0 Å². The molecule has 0 amide bonds. The minimum atomic E-state index is 0.0836. The number of aliphatic hydroxyl groups is 1. The summed E-state index contributed by atoms with van der Waals surface area (Å²) in [5.74, 6) is 0. The summed E-state index contributed by atoms with van der Waals surface area (Å²) in [7, 11) is 3.67. The number of aromatic nitrogens is 3. The van der Waals surface area contributed by atoms with E-state index in [0.29, 0.717) is 6.42 Å². The van der Waals surface area contributed by atoms with Crippen LogP contribution in [0.4, 0.5) is 5.69 Å². The molecule has 0 aliphatic carbocycles. The van der Waals surface area contributed by atoms with Crippen molar-refractivity contribution in [3.05, 3.63) is 71.0 Å². The average molecular weight is 431 g/mol. The number of aliphatic imine (C=N–C) groups is 1. The molecule has 2 aromatic carbocycles. The van der Waals surface area contributed by atoms with Gasteiger partial charge in [0.2, 0.25) is 0 Å². The maximum absolute atomic E-state index is 9.50. The minimum absolute atomic E-state index is 0.0836. The Bertz CT molecular complexity index is 1150. The van der Waals surface area contributed by atoms with Crippen molar-refractivity contribution in [2.24, 2.45) is 4.99 Å². The van der Waals surface area contributed by atoms with Gasteiger partial charge in [-0.3, -0.25) is 4.99 Å². The van der Waals surface area contributed by atoms with Crippen LogP contribution in [-0.4, -0.2) is 47.0 Å². The predicted octanol–water partition coefficient (Wildman–Crippen LogP) is 3.61. The van der Waals surface area contributed by atoms with Crippen molar-refractivity contribution >= 4 is 17.5 Å².